The number of methoxy groups -OCH3 is 2. The Morgan fingerprint density at radius 2 is 1.41 bits per heavy atom. The molecule has 0 aliphatic heterocycles. The summed E-state index contributed by atoms with van der Waals surface area (Å²) in [6.45, 7) is 0. The fourth-order valence-electron chi connectivity index (χ4n) is 3.25. The number of phenolic OH excluding ortho intramolecular Hbond substituents is 1. The first kappa shape index (κ1) is 16.8. The van der Waals surface area contributed by atoms with Crippen molar-refractivity contribution in [1.82, 2.24) is 0 Å². The molecule has 1 aliphatic rings. The fourth-order valence-corrected chi connectivity index (χ4v) is 3.25. The summed E-state index contributed by atoms with van der Waals surface area (Å²) in [5.74, 6) is 0.983. The summed E-state index contributed by atoms with van der Waals surface area (Å²) in [5, 5.41) is 18.9. The lowest BCUT2D eigenvalue weighted by atomic mass is 10.1. The van der Waals surface area contributed by atoms with Crippen LogP contribution in [0.5, 0.6) is 17.2 Å². The Morgan fingerprint density at radius 1 is 0.815 bits per heavy atom. The van der Waals surface area contributed by atoms with E-state index in [1.54, 1.807) is 6.07 Å². The van der Waals surface area contributed by atoms with Crippen molar-refractivity contribution < 1.29 is 14.6 Å². The van der Waals surface area contributed by atoms with Crippen molar-refractivity contribution in [3.8, 4) is 28.4 Å². The summed E-state index contributed by atoms with van der Waals surface area (Å²) in [6, 6.07) is 19.4. The van der Waals surface area contributed by atoms with E-state index in [4.69, 9.17) is 9.47 Å². The van der Waals surface area contributed by atoms with Gasteiger partial charge in [0.2, 0.25) is 0 Å². The van der Waals surface area contributed by atoms with Gasteiger partial charge in [-0.05, 0) is 11.1 Å². The first-order valence-corrected chi connectivity index (χ1v) is 8.48. The largest absolute Gasteiger partial charge is 0.507 e. The number of rotatable bonds is 4. The van der Waals surface area contributed by atoms with Crippen LogP contribution in [0, 0.1) is 0 Å². The second kappa shape index (κ2) is 6.96. The zero-order chi connectivity index (χ0) is 18.8. The molecule has 0 saturated heterocycles. The van der Waals surface area contributed by atoms with Crippen LogP contribution in [-0.2, 0) is 0 Å². The van der Waals surface area contributed by atoms with Crippen molar-refractivity contribution >= 4 is 11.9 Å². The minimum atomic E-state index is 0.0161. The third kappa shape index (κ3) is 2.93. The molecule has 27 heavy (non-hydrogen) atoms. The summed E-state index contributed by atoms with van der Waals surface area (Å²) in [6.07, 6.45) is 1.49. The van der Waals surface area contributed by atoms with Gasteiger partial charge in [0, 0.05) is 23.3 Å². The maximum absolute atomic E-state index is 10.2. The Morgan fingerprint density at radius 3 is 1.96 bits per heavy atom. The second-order valence-electron chi connectivity index (χ2n) is 6.05. The Balaban J connectivity index is 1.76. The Hall–Kier alpha value is -3.60. The molecule has 0 aromatic heterocycles. The van der Waals surface area contributed by atoms with Crippen LogP contribution in [0.3, 0.4) is 0 Å². The summed E-state index contributed by atoms with van der Waals surface area (Å²) in [7, 11) is 3.06. The standard InChI is InChI=1S/C22H18N2O3/c1-26-14-11-20(25)19(21(12-14)27-2)13-23-24-22-17-9-5-3-7-15(17)16-8-4-6-10-18(16)22/h3-13,25H,1-2H3. The van der Waals surface area contributed by atoms with E-state index in [0.29, 0.717) is 17.1 Å². The molecule has 0 heterocycles. The van der Waals surface area contributed by atoms with Gasteiger partial charge in [-0.25, -0.2) is 0 Å². The van der Waals surface area contributed by atoms with E-state index in [-0.39, 0.29) is 5.75 Å². The van der Waals surface area contributed by atoms with E-state index in [1.165, 1.54) is 26.5 Å². The quantitative estimate of drug-likeness (QED) is 0.438. The molecule has 0 saturated carbocycles. The number of ether oxygens (including phenoxy) is 2. The highest BCUT2D eigenvalue weighted by Gasteiger charge is 2.23. The molecular weight excluding hydrogens is 340 g/mol. The van der Waals surface area contributed by atoms with E-state index >= 15 is 0 Å². The SMILES string of the molecule is COc1cc(O)c(C=NN=C2c3ccccc3-c3ccccc32)c(OC)c1. The molecule has 134 valence electrons. The average molecular weight is 358 g/mol. The summed E-state index contributed by atoms with van der Waals surface area (Å²) in [4.78, 5) is 0. The van der Waals surface area contributed by atoms with Gasteiger partial charge in [-0.2, -0.15) is 5.10 Å². The van der Waals surface area contributed by atoms with Crippen molar-refractivity contribution in [3.05, 3.63) is 77.4 Å². The van der Waals surface area contributed by atoms with E-state index in [2.05, 4.69) is 22.3 Å². The van der Waals surface area contributed by atoms with E-state index in [0.717, 1.165) is 28.0 Å². The van der Waals surface area contributed by atoms with Crippen molar-refractivity contribution in [3.63, 3.8) is 0 Å². The number of hydrogen-bond acceptors (Lipinski definition) is 5. The maximum Gasteiger partial charge on any atom is 0.135 e. The van der Waals surface area contributed by atoms with Gasteiger partial charge in [0.1, 0.15) is 23.0 Å². The monoisotopic (exact) mass is 358 g/mol. The van der Waals surface area contributed by atoms with E-state index in [9.17, 15) is 5.11 Å². The van der Waals surface area contributed by atoms with Gasteiger partial charge in [-0.1, -0.05) is 48.5 Å². The first-order valence-electron chi connectivity index (χ1n) is 8.48. The van der Waals surface area contributed by atoms with Crippen molar-refractivity contribution in [2.24, 2.45) is 10.2 Å². The highest BCUT2D eigenvalue weighted by molar-refractivity contribution is 6.24. The number of hydrogen-bond donors (Lipinski definition) is 1. The molecule has 3 aromatic carbocycles. The Bertz CT molecular complexity index is 1020. The lowest BCUT2D eigenvalue weighted by molar-refractivity contribution is 0.384. The normalized spacial score (nSPS) is 12.0. The van der Waals surface area contributed by atoms with E-state index in [1.807, 2.05) is 36.4 Å². The summed E-state index contributed by atoms with van der Waals surface area (Å²) in [5.41, 5.74) is 5.63. The number of fused-ring (bicyclic) bond motifs is 3. The molecule has 4 rings (SSSR count). The smallest absolute Gasteiger partial charge is 0.135 e. The molecular formula is C22H18N2O3. The van der Waals surface area contributed by atoms with Crippen LogP contribution in [-0.4, -0.2) is 31.3 Å². The highest BCUT2D eigenvalue weighted by Crippen LogP contribution is 2.37. The summed E-state index contributed by atoms with van der Waals surface area (Å²) < 4.78 is 10.5. The predicted molar refractivity (Wildman–Crippen MR) is 106 cm³/mol. The molecule has 1 N–H and O–H groups in total. The molecule has 5 heteroatoms. The van der Waals surface area contributed by atoms with Gasteiger partial charge >= 0.3 is 0 Å². The minimum Gasteiger partial charge on any atom is -0.507 e. The van der Waals surface area contributed by atoms with Crippen LogP contribution in [0.2, 0.25) is 0 Å². The fraction of sp³-hybridized carbons (Fsp3) is 0.0909. The predicted octanol–water partition coefficient (Wildman–Crippen LogP) is 4.26. The Labute approximate surface area is 157 Å². The van der Waals surface area contributed by atoms with Crippen molar-refractivity contribution in [1.29, 1.82) is 0 Å². The van der Waals surface area contributed by atoms with E-state index < -0.39 is 0 Å². The third-order valence-electron chi connectivity index (χ3n) is 4.55. The van der Waals surface area contributed by atoms with Crippen LogP contribution < -0.4 is 9.47 Å². The van der Waals surface area contributed by atoms with Gasteiger partial charge in [-0.3, -0.25) is 0 Å². The van der Waals surface area contributed by atoms with Gasteiger partial charge in [0.05, 0.1) is 26.0 Å². The van der Waals surface area contributed by atoms with Gasteiger partial charge in [0.15, 0.2) is 0 Å². The summed E-state index contributed by atoms with van der Waals surface area (Å²) >= 11 is 0. The number of nitrogens with zero attached hydrogens (tertiary/aromatic N) is 2. The first-order chi connectivity index (χ1) is 13.2. The van der Waals surface area contributed by atoms with Gasteiger partial charge < -0.3 is 14.6 Å². The van der Waals surface area contributed by atoms with Crippen molar-refractivity contribution in [2.45, 2.75) is 0 Å². The number of aromatic hydroxyl groups is 1. The van der Waals surface area contributed by atoms with Crippen LogP contribution in [0.1, 0.15) is 16.7 Å². The van der Waals surface area contributed by atoms with Crippen LogP contribution >= 0.6 is 0 Å². The lowest BCUT2D eigenvalue weighted by Crippen LogP contribution is -1.97. The van der Waals surface area contributed by atoms with Gasteiger partial charge in [-0.15, -0.1) is 5.10 Å². The molecule has 0 spiro atoms. The number of phenols is 1. The van der Waals surface area contributed by atoms with Crippen LogP contribution in [0.15, 0.2) is 70.9 Å². The molecule has 0 fully saturated rings. The highest BCUT2D eigenvalue weighted by atomic mass is 16.5. The molecule has 5 nitrogen and oxygen atoms in total. The molecule has 0 radical (unpaired) electrons. The third-order valence-corrected chi connectivity index (χ3v) is 4.55. The van der Waals surface area contributed by atoms with Crippen LogP contribution in [0.25, 0.3) is 11.1 Å². The molecule has 0 amide bonds. The van der Waals surface area contributed by atoms with Crippen molar-refractivity contribution in [2.75, 3.05) is 14.2 Å². The topological polar surface area (TPSA) is 63.4 Å². The zero-order valence-corrected chi connectivity index (χ0v) is 15.0. The molecule has 0 bridgehead atoms. The maximum atomic E-state index is 10.2. The molecule has 0 atom stereocenters. The lowest BCUT2D eigenvalue weighted by Gasteiger charge is -2.09. The number of benzene rings is 3. The van der Waals surface area contributed by atoms with Gasteiger partial charge in [0.25, 0.3) is 0 Å². The molecule has 0 unspecified atom stereocenters. The average Bonchev–Trinajstić information content (AvgIpc) is 3.03. The minimum absolute atomic E-state index is 0.0161. The van der Waals surface area contributed by atoms with Crippen LogP contribution in [0.4, 0.5) is 0 Å². The zero-order valence-electron chi connectivity index (χ0n) is 15.0. The Kier molecular flexibility index (Phi) is 4.34. The molecule has 3 aromatic rings. The second-order valence-corrected chi connectivity index (χ2v) is 6.05. The molecule has 1 aliphatic carbocycles.